The van der Waals surface area contributed by atoms with Gasteiger partial charge in [0.15, 0.2) is 5.13 Å². The molecule has 4 heterocycles. The largest absolute Gasteiger partial charge is 0.333 e. The van der Waals surface area contributed by atoms with Crippen LogP contribution in [0.2, 0.25) is 5.02 Å². The first-order chi connectivity index (χ1) is 20.2. The minimum Gasteiger partial charge on any atom is -0.333 e. The summed E-state index contributed by atoms with van der Waals surface area (Å²) in [5.74, 6) is -0.204. The van der Waals surface area contributed by atoms with Crippen molar-refractivity contribution in [2.75, 3.05) is 25.0 Å². The number of nitrogens with zero attached hydrogens (tertiary/aromatic N) is 6. The van der Waals surface area contributed by atoms with Crippen molar-refractivity contribution in [3.8, 4) is 27.5 Å². The van der Waals surface area contributed by atoms with Crippen LogP contribution in [0.3, 0.4) is 0 Å². The van der Waals surface area contributed by atoms with Crippen LogP contribution in [0.25, 0.3) is 27.5 Å². The molecule has 6 rings (SSSR count). The molecule has 11 heteroatoms. The molecular formula is C31H32ClN7O2S. The molecule has 0 bridgehead atoms. The first-order valence-corrected chi connectivity index (χ1v) is 15.2. The quantitative estimate of drug-likeness (QED) is 0.294. The number of fused-ring (bicyclic) bond motifs is 3. The van der Waals surface area contributed by atoms with Gasteiger partial charge in [-0.3, -0.25) is 19.5 Å². The first-order valence-electron chi connectivity index (χ1n) is 14.0. The first kappa shape index (κ1) is 28.3. The summed E-state index contributed by atoms with van der Waals surface area (Å²) in [7, 11) is 0. The average molecular weight is 602 g/mol. The van der Waals surface area contributed by atoms with Gasteiger partial charge in [0, 0.05) is 67.7 Å². The van der Waals surface area contributed by atoms with Gasteiger partial charge in [-0.2, -0.15) is 5.10 Å². The van der Waals surface area contributed by atoms with Crippen LogP contribution in [0.1, 0.15) is 42.4 Å². The van der Waals surface area contributed by atoms with E-state index in [0.717, 1.165) is 59.0 Å². The van der Waals surface area contributed by atoms with Gasteiger partial charge in [0.2, 0.25) is 5.91 Å². The van der Waals surface area contributed by atoms with E-state index >= 15 is 0 Å². The van der Waals surface area contributed by atoms with Crippen molar-refractivity contribution >= 4 is 39.9 Å². The number of hydrogen-bond donors (Lipinski definition) is 1. The molecule has 1 aliphatic heterocycles. The Hall–Kier alpha value is -3.86. The van der Waals surface area contributed by atoms with E-state index in [4.69, 9.17) is 16.7 Å². The Bertz CT molecular complexity index is 1680. The van der Waals surface area contributed by atoms with Crippen LogP contribution in [0, 0.1) is 0 Å². The number of carbonyl (C=O) groups excluding carboxylic acids is 2. The minimum absolute atomic E-state index is 0.0377. The molecule has 4 aromatic rings. The molecule has 0 radical (unpaired) electrons. The highest BCUT2D eigenvalue weighted by atomic mass is 35.5. The van der Waals surface area contributed by atoms with Crippen LogP contribution in [0.15, 0.2) is 55.4 Å². The second kappa shape index (κ2) is 11.4. The van der Waals surface area contributed by atoms with Crippen LogP contribution in [0.5, 0.6) is 0 Å². The number of aryl methyl sites for hydroxylation is 1. The molecule has 2 aliphatic rings. The van der Waals surface area contributed by atoms with Crippen LogP contribution < -0.4 is 5.32 Å². The monoisotopic (exact) mass is 601 g/mol. The molecule has 1 N–H and O–H groups in total. The molecule has 1 fully saturated rings. The number of anilines is 1. The summed E-state index contributed by atoms with van der Waals surface area (Å²) in [5.41, 5.74) is 5.82. The number of benzene rings is 1. The maximum Gasteiger partial charge on any atom is 0.254 e. The van der Waals surface area contributed by atoms with Crippen molar-refractivity contribution < 1.29 is 9.59 Å². The third kappa shape index (κ3) is 5.14. The van der Waals surface area contributed by atoms with Crippen LogP contribution in [0.4, 0.5) is 5.13 Å². The molecule has 0 saturated carbocycles. The number of carbonyl (C=O) groups is 2. The van der Waals surface area contributed by atoms with Crippen molar-refractivity contribution in [1.82, 2.24) is 29.5 Å². The third-order valence-corrected chi connectivity index (χ3v) is 9.21. The standard InChI is InChI=1S/C31H32ClN7O2S/c1-5-13-37-16-19(3)38(17-18(37)2)30(41)21-8-11-26(24(32)14-21)39-28-23(27(36-39)22-7-6-12-33-15-22)9-10-25-29(28)42-31(35-25)34-20(4)40/h5-8,11-12,14-15,18-19H,1,9-10,13,16-17H2,2-4H3,(H,34,35,40). The van der Waals surface area contributed by atoms with E-state index in [9.17, 15) is 9.59 Å². The summed E-state index contributed by atoms with van der Waals surface area (Å²) in [6, 6.07) is 9.61. The summed E-state index contributed by atoms with van der Waals surface area (Å²) in [4.78, 5) is 39.6. The maximum absolute atomic E-state index is 13.7. The molecule has 0 spiro atoms. The normalized spacial score (nSPS) is 18.3. The fraction of sp³-hybridized carbons (Fsp3) is 0.323. The van der Waals surface area contributed by atoms with E-state index in [0.29, 0.717) is 27.9 Å². The summed E-state index contributed by atoms with van der Waals surface area (Å²) in [6.07, 6.45) is 6.91. The molecule has 216 valence electrons. The molecule has 2 atom stereocenters. The van der Waals surface area contributed by atoms with Crippen molar-refractivity contribution in [3.05, 3.63) is 77.2 Å². The molecule has 1 aromatic carbocycles. The number of thiazole rings is 1. The molecule has 9 nitrogen and oxygen atoms in total. The predicted molar refractivity (Wildman–Crippen MR) is 166 cm³/mol. The van der Waals surface area contributed by atoms with Crippen molar-refractivity contribution in [2.45, 2.75) is 45.7 Å². The lowest BCUT2D eigenvalue weighted by Crippen LogP contribution is -2.57. The lowest BCUT2D eigenvalue weighted by atomic mass is 9.95. The Morgan fingerprint density at radius 1 is 1.19 bits per heavy atom. The summed E-state index contributed by atoms with van der Waals surface area (Å²) in [5, 5.41) is 8.85. The summed E-state index contributed by atoms with van der Waals surface area (Å²) < 4.78 is 1.85. The summed E-state index contributed by atoms with van der Waals surface area (Å²) in [6.45, 7) is 11.8. The molecule has 3 aromatic heterocycles. The SMILES string of the molecule is C=CCN1CC(C)N(C(=O)c2ccc(-n3nc(-c4cccnc4)c4c3-c3sc(NC(C)=O)nc3CC4)c(Cl)c2)CC1C. The molecule has 2 unspecified atom stereocenters. The average Bonchev–Trinajstić information content (AvgIpc) is 3.55. The van der Waals surface area contributed by atoms with Crippen LogP contribution in [-0.4, -0.2) is 73.1 Å². The van der Waals surface area contributed by atoms with Gasteiger partial charge >= 0.3 is 0 Å². The topological polar surface area (TPSA) is 96.3 Å². The second-order valence-corrected chi connectivity index (χ2v) is 12.3. The van der Waals surface area contributed by atoms with Gasteiger partial charge in [0.05, 0.1) is 32.7 Å². The van der Waals surface area contributed by atoms with Gasteiger partial charge in [0.1, 0.15) is 0 Å². The maximum atomic E-state index is 13.7. The van der Waals surface area contributed by atoms with E-state index in [2.05, 4.69) is 40.6 Å². The van der Waals surface area contributed by atoms with E-state index in [1.165, 1.54) is 18.3 Å². The second-order valence-electron chi connectivity index (χ2n) is 10.9. The summed E-state index contributed by atoms with van der Waals surface area (Å²) >= 11 is 8.37. The van der Waals surface area contributed by atoms with Gasteiger partial charge in [-0.15, -0.1) is 6.58 Å². The Kier molecular flexibility index (Phi) is 7.69. The Labute approximate surface area is 253 Å². The zero-order chi connectivity index (χ0) is 29.5. The van der Waals surface area contributed by atoms with Crippen LogP contribution in [-0.2, 0) is 17.6 Å². The van der Waals surface area contributed by atoms with E-state index in [-0.39, 0.29) is 23.9 Å². The number of amides is 2. The van der Waals surface area contributed by atoms with Gasteiger partial charge in [0.25, 0.3) is 5.91 Å². The minimum atomic E-state index is -0.167. The van der Waals surface area contributed by atoms with Gasteiger partial charge in [-0.1, -0.05) is 29.0 Å². The van der Waals surface area contributed by atoms with E-state index < -0.39 is 0 Å². The zero-order valence-corrected chi connectivity index (χ0v) is 25.4. The van der Waals surface area contributed by atoms with Gasteiger partial charge in [-0.05, 0) is 57.0 Å². The third-order valence-electron chi connectivity index (χ3n) is 7.89. The molecular weight excluding hydrogens is 570 g/mol. The predicted octanol–water partition coefficient (Wildman–Crippen LogP) is 5.49. The Morgan fingerprint density at radius 2 is 2.02 bits per heavy atom. The molecule has 1 saturated heterocycles. The number of halogens is 1. The highest BCUT2D eigenvalue weighted by molar-refractivity contribution is 7.19. The number of hydrogen-bond acceptors (Lipinski definition) is 7. The zero-order valence-electron chi connectivity index (χ0n) is 23.8. The van der Waals surface area contributed by atoms with Crippen molar-refractivity contribution in [2.24, 2.45) is 0 Å². The number of piperazine rings is 1. The lowest BCUT2D eigenvalue weighted by Gasteiger charge is -2.43. The van der Waals surface area contributed by atoms with Crippen LogP contribution >= 0.6 is 22.9 Å². The van der Waals surface area contributed by atoms with E-state index in [1.807, 2.05) is 39.9 Å². The highest BCUT2D eigenvalue weighted by Crippen LogP contribution is 2.44. The Morgan fingerprint density at radius 3 is 2.74 bits per heavy atom. The number of nitrogens with one attached hydrogen (secondary N) is 1. The molecule has 42 heavy (non-hydrogen) atoms. The fourth-order valence-electron chi connectivity index (χ4n) is 5.86. The highest BCUT2D eigenvalue weighted by Gasteiger charge is 2.33. The Balaban J connectivity index is 1.39. The lowest BCUT2D eigenvalue weighted by molar-refractivity contribution is -0.114. The van der Waals surface area contributed by atoms with Gasteiger partial charge in [-0.25, -0.2) is 9.67 Å². The van der Waals surface area contributed by atoms with Crippen molar-refractivity contribution in [3.63, 3.8) is 0 Å². The fourth-order valence-corrected chi connectivity index (χ4v) is 7.24. The number of pyridine rings is 1. The molecule has 2 amide bonds. The van der Waals surface area contributed by atoms with Gasteiger partial charge < -0.3 is 10.2 Å². The smallest absolute Gasteiger partial charge is 0.254 e. The van der Waals surface area contributed by atoms with E-state index in [1.54, 1.807) is 18.5 Å². The van der Waals surface area contributed by atoms with Crippen molar-refractivity contribution in [1.29, 1.82) is 0 Å². The number of aromatic nitrogens is 4. The number of rotatable bonds is 6. The molecule has 1 aliphatic carbocycles.